The maximum atomic E-state index is 13.1. The largest absolute Gasteiger partial charge is 0.337 e. The van der Waals surface area contributed by atoms with Crippen LogP contribution in [-0.4, -0.2) is 29.8 Å². The van der Waals surface area contributed by atoms with E-state index < -0.39 is 0 Å². The molecule has 1 heterocycles. The summed E-state index contributed by atoms with van der Waals surface area (Å²) in [6.45, 7) is 1.35. The van der Waals surface area contributed by atoms with Gasteiger partial charge < -0.3 is 10.2 Å². The van der Waals surface area contributed by atoms with E-state index in [0.717, 1.165) is 23.7 Å². The summed E-state index contributed by atoms with van der Waals surface area (Å²) in [4.78, 5) is 27.5. The monoisotopic (exact) mass is 446 g/mol. The predicted octanol–water partition coefficient (Wildman–Crippen LogP) is 4.80. The third kappa shape index (κ3) is 4.99. The van der Waals surface area contributed by atoms with Crippen LogP contribution < -0.4 is 5.32 Å². The standard InChI is InChI=1S/C21H20BrClN2O2/c22-17-11-7-10-16(14-17)18(23)19(21(27)25-12-5-2-6-13-25)24-20(26)15-8-3-1-4-9-15/h1,3-4,7-11,14H,2,5-6,12-13H2,(H,24,26)/b19-18-. The Kier molecular flexibility index (Phi) is 6.69. The molecule has 0 atom stereocenters. The van der Waals surface area contributed by atoms with Gasteiger partial charge in [-0.1, -0.05) is 57.9 Å². The van der Waals surface area contributed by atoms with Crippen molar-refractivity contribution in [2.75, 3.05) is 13.1 Å². The lowest BCUT2D eigenvalue weighted by Crippen LogP contribution is -2.41. The zero-order valence-corrected chi connectivity index (χ0v) is 17.1. The molecular weight excluding hydrogens is 428 g/mol. The van der Waals surface area contributed by atoms with Crippen LogP contribution >= 0.6 is 27.5 Å². The molecule has 0 radical (unpaired) electrons. The normalized spacial score (nSPS) is 15.1. The summed E-state index contributed by atoms with van der Waals surface area (Å²) in [5.41, 5.74) is 1.26. The zero-order valence-electron chi connectivity index (χ0n) is 14.8. The maximum Gasteiger partial charge on any atom is 0.271 e. The van der Waals surface area contributed by atoms with E-state index in [4.69, 9.17) is 11.6 Å². The van der Waals surface area contributed by atoms with Crippen LogP contribution in [0, 0.1) is 0 Å². The highest BCUT2D eigenvalue weighted by Gasteiger charge is 2.25. The van der Waals surface area contributed by atoms with Gasteiger partial charge in [0.1, 0.15) is 5.70 Å². The van der Waals surface area contributed by atoms with E-state index in [0.29, 0.717) is 24.2 Å². The molecule has 0 bridgehead atoms. The van der Waals surface area contributed by atoms with Gasteiger partial charge in [-0.15, -0.1) is 0 Å². The van der Waals surface area contributed by atoms with Crippen LogP contribution in [0.2, 0.25) is 0 Å². The number of hydrogen-bond acceptors (Lipinski definition) is 2. The first kappa shape index (κ1) is 19.6. The highest BCUT2D eigenvalue weighted by Crippen LogP contribution is 2.26. The van der Waals surface area contributed by atoms with E-state index in [-0.39, 0.29) is 22.5 Å². The van der Waals surface area contributed by atoms with E-state index in [1.54, 1.807) is 29.2 Å². The molecule has 0 aromatic heterocycles. The molecule has 0 aliphatic carbocycles. The summed E-state index contributed by atoms with van der Waals surface area (Å²) in [5.74, 6) is -0.604. The van der Waals surface area contributed by atoms with Crippen LogP contribution in [0.4, 0.5) is 0 Å². The Morgan fingerprint density at radius 1 is 0.926 bits per heavy atom. The topological polar surface area (TPSA) is 49.4 Å². The Hall–Kier alpha value is -2.11. The summed E-state index contributed by atoms with van der Waals surface area (Å²) in [6, 6.07) is 16.1. The molecule has 6 heteroatoms. The van der Waals surface area contributed by atoms with Gasteiger partial charge in [-0.05, 0) is 49.1 Å². The van der Waals surface area contributed by atoms with Gasteiger partial charge in [-0.2, -0.15) is 0 Å². The number of benzene rings is 2. The Labute approximate surface area is 172 Å². The van der Waals surface area contributed by atoms with Gasteiger partial charge in [0.05, 0.1) is 5.03 Å². The molecule has 4 nitrogen and oxygen atoms in total. The lowest BCUT2D eigenvalue weighted by molar-refractivity contribution is -0.128. The van der Waals surface area contributed by atoms with Crippen LogP contribution in [0.15, 0.2) is 64.8 Å². The zero-order chi connectivity index (χ0) is 19.2. The van der Waals surface area contributed by atoms with Gasteiger partial charge in [0, 0.05) is 23.1 Å². The Morgan fingerprint density at radius 2 is 1.59 bits per heavy atom. The number of carbonyl (C=O) groups excluding carboxylic acids is 2. The number of rotatable bonds is 4. The fourth-order valence-electron chi connectivity index (χ4n) is 3.00. The third-order valence-electron chi connectivity index (χ3n) is 4.43. The second-order valence-corrected chi connectivity index (χ2v) is 7.67. The van der Waals surface area contributed by atoms with E-state index >= 15 is 0 Å². The van der Waals surface area contributed by atoms with Crippen molar-refractivity contribution in [2.45, 2.75) is 19.3 Å². The number of hydrogen-bond donors (Lipinski definition) is 1. The van der Waals surface area contributed by atoms with Crippen molar-refractivity contribution in [2.24, 2.45) is 0 Å². The Bertz CT molecular complexity index is 861. The summed E-state index contributed by atoms with van der Waals surface area (Å²) >= 11 is 10.0. The molecule has 0 unspecified atom stereocenters. The third-order valence-corrected chi connectivity index (χ3v) is 5.33. The first-order valence-corrected chi connectivity index (χ1v) is 10.0. The van der Waals surface area contributed by atoms with Crippen molar-refractivity contribution >= 4 is 44.4 Å². The Morgan fingerprint density at radius 3 is 2.26 bits per heavy atom. The summed E-state index contributed by atoms with van der Waals surface area (Å²) < 4.78 is 0.845. The van der Waals surface area contributed by atoms with Gasteiger partial charge in [0.15, 0.2) is 0 Å². The quantitative estimate of drug-likeness (QED) is 0.685. The van der Waals surface area contributed by atoms with Crippen molar-refractivity contribution < 1.29 is 9.59 Å². The van der Waals surface area contributed by atoms with Gasteiger partial charge in [0.25, 0.3) is 11.8 Å². The van der Waals surface area contributed by atoms with E-state index in [1.807, 2.05) is 30.3 Å². The summed E-state index contributed by atoms with van der Waals surface area (Å²) in [5, 5.41) is 2.98. The van der Waals surface area contributed by atoms with E-state index in [1.165, 1.54) is 0 Å². The number of amides is 2. The average Bonchev–Trinajstić information content (AvgIpc) is 2.72. The van der Waals surface area contributed by atoms with Crippen LogP contribution in [0.5, 0.6) is 0 Å². The van der Waals surface area contributed by atoms with Crippen molar-refractivity contribution in [1.29, 1.82) is 0 Å². The number of carbonyl (C=O) groups is 2. The number of likely N-dealkylation sites (tertiary alicyclic amines) is 1. The molecule has 1 N–H and O–H groups in total. The molecule has 140 valence electrons. The molecule has 2 aromatic carbocycles. The molecule has 2 aromatic rings. The van der Waals surface area contributed by atoms with Crippen LogP contribution in [0.3, 0.4) is 0 Å². The molecule has 2 amide bonds. The minimum Gasteiger partial charge on any atom is -0.337 e. The fourth-order valence-corrected chi connectivity index (χ4v) is 3.65. The SMILES string of the molecule is O=C(N/C(C(=O)N1CCCCC1)=C(\Cl)c1cccc(Br)c1)c1ccccc1. The molecule has 1 fully saturated rings. The smallest absolute Gasteiger partial charge is 0.271 e. The van der Waals surface area contributed by atoms with Crippen LogP contribution in [0.25, 0.3) is 5.03 Å². The minimum atomic E-state index is -0.357. The highest BCUT2D eigenvalue weighted by molar-refractivity contribution is 9.10. The number of halogens is 2. The van der Waals surface area contributed by atoms with Gasteiger partial charge in [0.2, 0.25) is 0 Å². The first-order chi connectivity index (χ1) is 13.1. The predicted molar refractivity (Wildman–Crippen MR) is 111 cm³/mol. The Balaban J connectivity index is 1.96. The maximum absolute atomic E-state index is 13.1. The van der Waals surface area contributed by atoms with Crippen molar-refractivity contribution in [3.63, 3.8) is 0 Å². The lowest BCUT2D eigenvalue weighted by Gasteiger charge is -2.28. The second-order valence-electron chi connectivity index (χ2n) is 6.37. The molecule has 1 aliphatic heterocycles. The minimum absolute atomic E-state index is 0.116. The summed E-state index contributed by atoms with van der Waals surface area (Å²) in [6.07, 6.45) is 3.03. The second kappa shape index (κ2) is 9.20. The van der Waals surface area contributed by atoms with Gasteiger partial charge in [-0.25, -0.2) is 0 Å². The van der Waals surface area contributed by atoms with Gasteiger partial charge >= 0.3 is 0 Å². The van der Waals surface area contributed by atoms with E-state index in [9.17, 15) is 9.59 Å². The van der Waals surface area contributed by atoms with Crippen molar-refractivity contribution in [1.82, 2.24) is 10.2 Å². The molecule has 3 rings (SSSR count). The molecule has 1 saturated heterocycles. The first-order valence-electron chi connectivity index (χ1n) is 8.87. The molecule has 0 saturated carbocycles. The number of nitrogens with zero attached hydrogens (tertiary/aromatic N) is 1. The van der Waals surface area contributed by atoms with Gasteiger partial charge in [-0.3, -0.25) is 9.59 Å². The van der Waals surface area contributed by atoms with Crippen molar-refractivity contribution in [3.05, 3.63) is 75.9 Å². The molecule has 1 aliphatic rings. The van der Waals surface area contributed by atoms with E-state index in [2.05, 4.69) is 21.2 Å². The van der Waals surface area contributed by atoms with Crippen molar-refractivity contribution in [3.8, 4) is 0 Å². The highest BCUT2D eigenvalue weighted by atomic mass is 79.9. The number of nitrogens with one attached hydrogen (secondary N) is 1. The molecular formula is C21H20BrClN2O2. The van der Waals surface area contributed by atoms with Crippen LogP contribution in [0.1, 0.15) is 35.2 Å². The summed E-state index contributed by atoms with van der Waals surface area (Å²) in [7, 11) is 0. The fraction of sp³-hybridized carbons (Fsp3) is 0.238. The number of piperidine rings is 1. The molecule has 27 heavy (non-hydrogen) atoms. The molecule has 0 spiro atoms. The van der Waals surface area contributed by atoms with Crippen LogP contribution in [-0.2, 0) is 4.79 Å². The lowest BCUT2D eigenvalue weighted by atomic mass is 10.1. The average molecular weight is 448 g/mol.